The van der Waals surface area contributed by atoms with Crippen LogP contribution in [-0.4, -0.2) is 93.2 Å². The first-order valence-electron chi connectivity index (χ1n) is 18.2. The molecule has 13 N–H and O–H groups in total. The molecule has 6 amide bonds. The number of unbranched alkanes of at least 4 members (excludes halogenated alkanes) is 1. The highest BCUT2D eigenvalue weighted by molar-refractivity contribution is 5.97. The van der Waals surface area contributed by atoms with Crippen molar-refractivity contribution in [2.24, 2.45) is 17.2 Å². The number of nitrogens with two attached hydrogens (primary N) is 3. The molecule has 2 heterocycles. The van der Waals surface area contributed by atoms with Gasteiger partial charge < -0.3 is 53.8 Å². The molecule has 2 aromatic carbocycles. The van der Waals surface area contributed by atoms with E-state index < -0.39 is 71.7 Å². The fourth-order valence-corrected chi connectivity index (χ4v) is 5.92. The Labute approximate surface area is 318 Å². The fraction of sp³-hybridized carbons (Fsp3) is 0.395. The first-order chi connectivity index (χ1) is 26.4. The summed E-state index contributed by atoms with van der Waals surface area (Å²) in [4.78, 5) is 89.2. The predicted octanol–water partition coefficient (Wildman–Crippen LogP) is -0.676. The maximum absolute atomic E-state index is 13.8. The lowest BCUT2D eigenvalue weighted by molar-refractivity contribution is -0.134. The van der Waals surface area contributed by atoms with Gasteiger partial charge in [0, 0.05) is 48.3 Å². The maximum atomic E-state index is 13.8. The average Bonchev–Trinajstić information content (AvgIpc) is 3.84. The number of para-hydroxylation sites is 1. The monoisotopic (exact) mass is 757 g/mol. The van der Waals surface area contributed by atoms with Crippen molar-refractivity contribution in [1.82, 2.24) is 41.5 Å². The number of hydrogen-bond donors (Lipinski definition) is 10. The number of aromatic nitrogens is 3. The van der Waals surface area contributed by atoms with Gasteiger partial charge in [0.1, 0.15) is 30.2 Å². The van der Waals surface area contributed by atoms with Crippen molar-refractivity contribution >= 4 is 46.3 Å². The molecule has 17 nitrogen and oxygen atoms in total. The number of nitrogens with one attached hydrogen (secondary N) is 7. The molecule has 0 saturated heterocycles. The third-order valence-electron chi connectivity index (χ3n) is 9.09. The van der Waals surface area contributed by atoms with Crippen molar-refractivity contribution in [2.75, 3.05) is 6.54 Å². The SMILES string of the molecule is C[C@H](NC(=O)[C@@H](Cc1c[nH]c2ccccc12)NC(=O)[C@@H](N)Cc1cnc[nH]1)C(=O)N[C@@H](Cc1ccccc1)C(=O)N[C@H](C)C(=O)N[C@@H](CCCCN)C(N)=O. The van der Waals surface area contributed by atoms with Gasteiger partial charge in [-0.3, -0.25) is 28.8 Å². The van der Waals surface area contributed by atoms with Crippen LogP contribution in [0.1, 0.15) is 49.9 Å². The second kappa shape index (κ2) is 20.4. The highest BCUT2D eigenvalue weighted by atomic mass is 16.2. The van der Waals surface area contributed by atoms with E-state index in [-0.39, 0.29) is 19.3 Å². The highest BCUT2D eigenvalue weighted by Gasteiger charge is 2.31. The van der Waals surface area contributed by atoms with E-state index in [1.54, 1.807) is 42.7 Å². The highest BCUT2D eigenvalue weighted by Crippen LogP contribution is 2.19. The summed E-state index contributed by atoms with van der Waals surface area (Å²) in [5, 5.41) is 14.1. The van der Waals surface area contributed by atoms with E-state index in [1.165, 1.54) is 20.2 Å². The van der Waals surface area contributed by atoms with Crippen LogP contribution in [0.25, 0.3) is 10.9 Å². The maximum Gasteiger partial charge on any atom is 0.243 e. The topological polar surface area (TPSA) is 285 Å². The molecule has 0 fully saturated rings. The van der Waals surface area contributed by atoms with Crippen LogP contribution in [0.2, 0.25) is 0 Å². The third kappa shape index (κ3) is 12.5. The first kappa shape index (κ1) is 41.7. The molecule has 6 atom stereocenters. The van der Waals surface area contributed by atoms with Crippen molar-refractivity contribution in [3.05, 3.63) is 90.1 Å². The number of benzene rings is 2. The van der Waals surface area contributed by atoms with Crippen LogP contribution in [0.15, 0.2) is 73.3 Å². The summed E-state index contributed by atoms with van der Waals surface area (Å²) in [6.07, 6.45) is 6.57. The van der Waals surface area contributed by atoms with Crippen LogP contribution in [0.4, 0.5) is 0 Å². The molecule has 0 saturated carbocycles. The summed E-state index contributed by atoms with van der Waals surface area (Å²) < 4.78 is 0. The largest absolute Gasteiger partial charge is 0.368 e. The zero-order valence-electron chi connectivity index (χ0n) is 31.0. The van der Waals surface area contributed by atoms with Gasteiger partial charge in [-0.25, -0.2) is 4.98 Å². The Hall–Kier alpha value is -6.07. The smallest absolute Gasteiger partial charge is 0.243 e. The molecule has 2 aromatic heterocycles. The zero-order chi connectivity index (χ0) is 39.9. The number of carbonyl (C=O) groups excluding carboxylic acids is 6. The molecule has 0 aliphatic heterocycles. The number of amides is 6. The van der Waals surface area contributed by atoms with E-state index in [0.717, 1.165) is 22.0 Å². The second-order valence-electron chi connectivity index (χ2n) is 13.5. The lowest BCUT2D eigenvalue weighted by Gasteiger charge is -2.25. The van der Waals surface area contributed by atoms with Gasteiger partial charge >= 0.3 is 0 Å². The number of H-pyrrole nitrogens is 2. The van der Waals surface area contributed by atoms with Gasteiger partial charge in [0.2, 0.25) is 35.4 Å². The molecule has 0 bridgehead atoms. The van der Waals surface area contributed by atoms with Crippen LogP contribution in [0.3, 0.4) is 0 Å². The number of nitrogens with zero attached hydrogens (tertiary/aromatic N) is 1. The molecule has 0 aliphatic rings. The minimum absolute atomic E-state index is 0.0594. The van der Waals surface area contributed by atoms with E-state index >= 15 is 0 Å². The van der Waals surface area contributed by atoms with Gasteiger partial charge in [0.05, 0.1) is 12.4 Å². The average molecular weight is 758 g/mol. The van der Waals surface area contributed by atoms with Gasteiger partial charge in [-0.1, -0.05) is 48.5 Å². The molecule has 17 heteroatoms. The molecular formula is C38H51N11O6. The van der Waals surface area contributed by atoms with Crippen LogP contribution in [0, 0.1) is 0 Å². The van der Waals surface area contributed by atoms with Crippen molar-refractivity contribution in [3.8, 4) is 0 Å². The normalized spacial score (nSPS) is 14.4. The molecule has 4 rings (SSSR count). The summed E-state index contributed by atoms with van der Waals surface area (Å²) in [5.41, 5.74) is 20.1. The molecule has 0 unspecified atom stereocenters. The molecule has 4 aromatic rings. The second-order valence-corrected chi connectivity index (χ2v) is 13.5. The van der Waals surface area contributed by atoms with Crippen molar-refractivity contribution < 1.29 is 28.8 Å². The Kier molecular flexibility index (Phi) is 15.5. The van der Waals surface area contributed by atoms with E-state index in [2.05, 4.69) is 41.5 Å². The van der Waals surface area contributed by atoms with E-state index in [0.29, 0.717) is 31.5 Å². The lowest BCUT2D eigenvalue weighted by Crippen LogP contribution is -2.59. The minimum Gasteiger partial charge on any atom is -0.368 e. The zero-order valence-corrected chi connectivity index (χ0v) is 31.0. The standard InChI is InChI=1S/C38H51N11O6/c1-22(34(51)47-30(33(41)50)14-8-9-15-39)45-37(54)31(16-24-10-4-3-5-11-24)48-35(52)23(2)46-38(55)32(17-25-19-43-29-13-7-6-12-27(25)29)49-36(53)28(40)18-26-20-42-21-44-26/h3-7,10-13,19-23,28,30-32,43H,8-9,14-18,39-40H2,1-2H3,(H2,41,50)(H,42,44)(H,45,54)(H,46,55)(H,47,51)(H,48,52)(H,49,53)/t22-,23+,28+,30+,31+,32-/m1/s1. The van der Waals surface area contributed by atoms with Crippen molar-refractivity contribution in [1.29, 1.82) is 0 Å². The van der Waals surface area contributed by atoms with Gasteiger partial charge in [-0.05, 0) is 56.8 Å². The van der Waals surface area contributed by atoms with Crippen LogP contribution in [-0.2, 0) is 48.0 Å². The summed E-state index contributed by atoms with van der Waals surface area (Å²) in [7, 11) is 0. The van der Waals surface area contributed by atoms with Crippen LogP contribution in [0.5, 0.6) is 0 Å². The number of aromatic amines is 2. The van der Waals surface area contributed by atoms with E-state index in [9.17, 15) is 28.8 Å². The minimum atomic E-state index is -1.16. The van der Waals surface area contributed by atoms with Gasteiger partial charge in [-0.2, -0.15) is 0 Å². The molecule has 0 spiro atoms. The number of hydrogen-bond acceptors (Lipinski definition) is 9. The predicted molar refractivity (Wildman–Crippen MR) is 206 cm³/mol. The number of primary amides is 1. The Balaban J connectivity index is 1.45. The number of carbonyl (C=O) groups is 6. The molecule has 0 radical (unpaired) electrons. The van der Waals surface area contributed by atoms with Gasteiger partial charge in [0.25, 0.3) is 0 Å². The number of imidazole rings is 1. The van der Waals surface area contributed by atoms with Gasteiger partial charge in [-0.15, -0.1) is 0 Å². The third-order valence-corrected chi connectivity index (χ3v) is 9.09. The first-order valence-corrected chi connectivity index (χ1v) is 18.2. The van der Waals surface area contributed by atoms with E-state index in [1.807, 2.05) is 24.3 Å². The number of fused-ring (bicyclic) bond motifs is 1. The Morgan fingerprint density at radius 1 is 0.691 bits per heavy atom. The molecule has 0 aliphatic carbocycles. The Bertz CT molecular complexity index is 1900. The summed E-state index contributed by atoms with van der Waals surface area (Å²) in [6.45, 7) is 3.31. The Morgan fingerprint density at radius 2 is 1.29 bits per heavy atom. The molecular weight excluding hydrogens is 706 g/mol. The van der Waals surface area contributed by atoms with Crippen LogP contribution >= 0.6 is 0 Å². The molecule has 294 valence electrons. The van der Waals surface area contributed by atoms with Crippen molar-refractivity contribution in [3.63, 3.8) is 0 Å². The lowest BCUT2D eigenvalue weighted by atomic mass is 10.0. The number of rotatable bonds is 21. The summed E-state index contributed by atoms with van der Waals surface area (Å²) >= 11 is 0. The summed E-state index contributed by atoms with van der Waals surface area (Å²) in [6, 6.07) is 9.94. The molecule has 55 heavy (non-hydrogen) atoms. The fourth-order valence-electron chi connectivity index (χ4n) is 5.92. The Morgan fingerprint density at radius 3 is 1.91 bits per heavy atom. The van der Waals surface area contributed by atoms with Crippen LogP contribution < -0.4 is 43.8 Å². The van der Waals surface area contributed by atoms with E-state index in [4.69, 9.17) is 17.2 Å². The summed E-state index contributed by atoms with van der Waals surface area (Å²) in [5.74, 6) is -3.95. The van der Waals surface area contributed by atoms with Gasteiger partial charge in [0.15, 0.2) is 0 Å². The van der Waals surface area contributed by atoms with Crippen molar-refractivity contribution in [2.45, 2.75) is 88.6 Å². The quantitative estimate of drug-likeness (QED) is 0.0482.